The molecule has 0 aliphatic heterocycles. The molecule has 0 saturated heterocycles. The lowest BCUT2D eigenvalue weighted by atomic mass is 9.99. The number of aliphatic hydroxyl groups is 1. The summed E-state index contributed by atoms with van der Waals surface area (Å²) in [6.07, 6.45) is 62.9. The Morgan fingerprint density at radius 3 is 0.745 bits per heavy atom. The lowest BCUT2D eigenvalue weighted by Crippen LogP contribution is -2.30. The number of rotatable bonds is 81. The van der Waals surface area contributed by atoms with Crippen LogP contribution < -0.4 is 0 Å². The molecule has 0 fully saturated rings. The van der Waals surface area contributed by atoms with Gasteiger partial charge in [0.05, 0.1) is 26.4 Å². The van der Waals surface area contributed by atoms with Gasteiger partial charge in [-0.15, -0.1) is 0 Å². The highest BCUT2D eigenvalue weighted by molar-refractivity contribution is 7.47. The molecule has 0 rings (SSSR count). The molecule has 0 amide bonds. The van der Waals surface area contributed by atoms with Crippen LogP contribution in [-0.2, 0) is 65.4 Å². The zero-order chi connectivity index (χ0) is 75.1. The summed E-state index contributed by atoms with van der Waals surface area (Å²) in [5.41, 5.74) is 0. The average Bonchev–Trinajstić information content (AvgIpc) is 0.912. The van der Waals surface area contributed by atoms with Crippen molar-refractivity contribution in [2.45, 2.75) is 452 Å². The number of aliphatic hydroxyl groups excluding tert-OH is 1. The number of hydrogen-bond donors (Lipinski definition) is 3. The molecule has 102 heavy (non-hydrogen) atoms. The van der Waals surface area contributed by atoms with Gasteiger partial charge >= 0.3 is 39.5 Å². The fourth-order valence-electron chi connectivity index (χ4n) is 12.8. The molecule has 3 unspecified atom stereocenters. The third-order valence-corrected chi connectivity index (χ3v) is 21.6. The quantitative estimate of drug-likeness (QED) is 0.0222. The zero-order valence-corrected chi connectivity index (χ0v) is 68.9. The van der Waals surface area contributed by atoms with E-state index in [1.54, 1.807) is 0 Å². The van der Waals surface area contributed by atoms with Gasteiger partial charge in [-0.3, -0.25) is 37.3 Å². The van der Waals surface area contributed by atoms with Gasteiger partial charge in [0.25, 0.3) is 0 Å². The number of phosphoric ester groups is 2. The van der Waals surface area contributed by atoms with E-state index in [4.69, 9.17) is 37.0 Å². The molecule has 0 aliphatic carbocycles. The molecule has 3 N–H and O–H groups in total. The molecule has 17 nitrogen and oxygen atoms in total. The van der Waals surface area contributed by atoms with Gasteiger partial charge in [-0.25, -0.2) is 9.13 Å². The van der Waals surface area contributed by atoms with E-state index in [1.165, 1.54) is 238 Å². The molecule has 0 saturated carbocycles. The largest absolute Gasteiger partial charge is 0.472 e. The molecular formula is C83H162O17P2. The Balaban J connectivity index is 5.11. The summed E-state index contributed by atoms with van der Waals surface area (Å²) in [4.78, 5) is 72.8. The first-order valence-electron chi connectivity index (χ1n) is 42.9. The number of hydrogen-bond acceptors (Lipinski definition) is 15. The van der Waals surface area contributed by atoms with Gasteiger partial charge < -0.3 is 33.8 Å². The molecule has 0 aromatic carbocycles. The number of phosphoric acid groups is 2. The Kier molecular flexibility index (Phi) is 71.8. The van der Waals surface area contributed by atoms with Crippen LogP contribution >= 0.6 is 15.6 Å². The van der Waals surface area contributed by atoms with Gasteiger partial charge in [-0.2, -0.15) is 0 Å². The maximum absolute atomic E-state index is 13.1. The average molecular weight is 1490 g/mol. The molecule has 0 bridgehead atoms. The van der Waals surface area contributed by atoms with E-state index in [2.05, 4.69) is 48.5 Å². The van der Waals surface area contributed by atoms with Gasteiger partial charge in [0.2, 0.25) is 0 Å². The van der Waals surface area contributed by atoms with Gasteiger partial charge in [0, 0.05) is 25.7 Å². The molecule has 6 atom stereocenters. The lowest BCUT2D eigenvalue weighted by molar-refractivity contribution is -0.161. The fourth-order valence-corrected chi connectivity index (χ4v) is 14.4. The van der Waals surface area contributed by atoms with Crippen molar-refractivity contribution in [1.29, 1.82) is 0 Å². The minimum Gasteiger partial charge on any atom is -0.462 e. The smallest absolute Gasteiger partial charge is 0.462 e. The predicted molar refractivity (Wildman–Crippen MR) is 418 cm³/mol. The van der Waals surface area contributed by atoms with Crippen molar-refractivity contribution in [2.24, 2.45) is 17.8 Å². The summed E-state index contributed by atoms with van der Waals surface area (Å²) in [6, 6.07) is 0. The van der Waals surface area contributed by atoms with Gasteiger partial charge in [-0.1, -0.05) is 382 Å². The first kappa shape index (κ1) is 100. The van der Waals surface area contributed by atoms with Crippen molar-refractivity contribution in [3.8, 4) is 0 Å². The Labute approximate surface area is 626 Å². The van der Waals surface area contributed by atoms with Crippen molar-refractivity contribution in [3.63, 3.8) is 0 Å². The van der Waals surface area contributed by atoms with Crippen molar-refractivity contribution in [3.05, 3.63) is 0 Å². The summed E-state index contributed by atoms with van der Waals surface area (Å²) in [5.74, 6) is 0.353. The second kappa shape index (κ2) is 73.2. The first-order chi connectivity index (χ1) is 49.3. The first-order valence-corrected chi connectivity index (χ1v) is 45.9. The molecule has 606 valence electrons. The predicted octanol–water partition coefficient (Wildman–Crippen LogP) is 24.9. The maximum Gasteiger partial charge on any atom is 0.472 e. The van der Waals surface area contributed by atoms with Crippen LogP contribution in [0.25, 0.3) is 0 Å². The monoisotopic (exact) mass is 1490 g/mol. The molecular weight excluding hydrogens is 1330 g/mol. The van der Waals surface area contributed by atoms with Crippen molar-refractivity contribution >= 4 is 39.5 Å². The van der Waals surface area contributed by atoms with Crippen LogP contribution in [0.15, 0.2) is 0 Å². The number of carbonyl (C=O) groups is 4. The highest BCUT2D eigenvalue weighted by atomic mass is 31.2. The second-order valence-electron chi connectivity index (χ2n) is 31.1. The van der Waals surface area contributed by atoms with Crippen LogP contribution in [0.1, 0.15) is 434 Å². The number of esters is 4. The van der Waals surface area contributed by atoms with E-state index in [9.17, 15) is 43.2 Å². The lowest BCUT2D eigenvalue weighted by Gasteiger charge is -2.21. The SMILES string of the molecule is CCCCCCCC(=O)OC[C@H](COP(=O)(O)OC[C@H](O)COP(=O)(O)OC[C@@H](COC(=O)CCCCCCCCCCCCCCCCCC(C)C)OC(=O)CCCCCCCCCCCCCCCCCCCCC(C)C)OC(=O)CCCCCCCCCCCCCCCCC(C)CC. The molecule has 0 aromatic rings. The molecule has 0 aliphatic rings. The summed E-state index contributed by atoms with van der Waals surface area (Å²) >= 11 is 0. The molecule has 19 heteroatoms. The Bertz CT molecular complexity index is 1980. The van der Waals surface area contributed by atoms with E-state index in [1.807, 2.05) is 0 Å². The summed E-state index contributed by atoms with van der Waals surface area (Å²) < 4.78 is 68.6. The van der Waals surface area contributed by atoms with Crippen LogP contribution in [0.2, 0.25) is 0 Å². The standard InChI is InChI=1S/C83H162O17P2/c1-8-10-11-47-57-64-80(85)93-70-78(99-82(87)66-59-53-46-40-34-28-22-21-25-31-37-43-50-56-63-76(7)9-2)72-97-101(89,90)95-68-77(84)69-96-102(91,92)98-73-79(71-94-81(86)65-58-51-44-38-32-26-20-16-18-24-30-36-42-49-55-62-75(5)6)100-83(88)67-60-52-45-39-33-27-19-15-13-12-14-17-23-29-35-41-48-54-61-74(3)4/h74-79,84H,8-73H2,1-7H3,(H,89,90)(H,91,92)/t76?,77-,78+,79+/m0/s1. The van der Waals surface area contributed by atoms with Crippen molar-refractivity contribution in [2.75, 3.05) is 39.6 Å². The van der Waals surface area contributed by atoms with Crippen molar-refractivity contribution < 1.29 is 80.2 Å². The molecule has 0 radical (unpaired) electrons. The minimum absolute atomic E-state index is 0.107. The minimum atomic E-state index is -4.96. The normalized spacial score (nSPS) is 14.2. The third kappa shape index (κ3) is 74.9. The van der Waals surface area contributed by atoms with Crippen LogP contribution in [0, 0.1) is 17.8 Å². The van der Waals surface area contributed by atoms with E-state index < -0.39 is 97.5 Å². The highest BCUT2D eigenvalue weighted by Crippen LogP contribution is 2.45. The molecule has 0 aromatic heterocycles. The Morgan fingerprint density at radius 1 is 0.284 bits per heavy atom. The highest BCUT2D eigenvalue weighted by Gasteiger charge is 2.30. The van der Waals surface area contributed by atoms with Crippen LogP contribution in [-0.4, -0.2) is 96.7 Å². The third-order valence-electron chi connectivity index (χ3n) is 19.7. The number of unbranched alkanes of at least 4 members (excludes halogenated alkanes) is 48. The van der Waals surface area contributed by atoms with E-state index >= 15 is 0 Å². The zero-order valence-electron chi connectivity index (χ0n) is 67.1. The van der Waals surface area contributed by atoms with Gasteiger partial charge in [0.15, 0.2) is 12.2 Å². The van der Waals surface area contributed by atoms with Crippen LogP contribution in [0.5, 0.6) is 0 Å². The topological polar surface area (TPSA) is 237 Å². The Hall–Kier alpha value is -1.94. The van der Waals surface area contributed by atoms with E-state index in [0.29, 0.717) is 25.7 Å². The second-order valence-corrected chi connectivity index (χ2v) is 34.0. The molecule has 0 heterocycles. The van der Waals surface area contributed by atoms with E-state index in [-0.39, 0.29) is 25.7 Å². The maximum atomic E-state index is 13.1. The summed E-state index contributed by atoms with van der Waals surface area (Å²) in [6.45, 7) is 12.0. The van der Waals surface area contributed by atoms with Crippen molar-refractivity contribution in [1.82, 2.24) is 0 Å². The molecule has 0 spiro atoms. The summed E-state index contributed by atoms with van der Waals surface area (Å²) in [7, 11) is -9.91. The number of carbonyl (C=O) groups excluding carboxylic acids is 4. The fraction of sp³-hybridized carbons (Fsp3) is 0.952. The van der Waals surface area contributed by atoms with Crippen LogP contribution in [0.3, 0.4) is 0 Å². The Morgan fingerprint density at radius 2 is 0.500 bits per heavy atom. The van der Waals surface area contributed by atoms with Gasteiger partial charge in [0.1, 0.15) is 19.3 Å². The van der Waals surface area contributed by atoms with E-state index in [0.717, 1.165) is 114 Å². The van der Waals surface area contributed by atoms with Gasteiger partial charge in [-0.05, 0) is 43.4 Å². The van der Waals surface area contributed by atoms with Crippen LogP contribution in [0.4, 0.5) is 0 Å². The summed E-state index contributed by atoms with van der Waals surface area (Å²) in [5, 5.41) is 10.6. The number of ether oxygens (including phenoxy) is 4.